The Labute approximate surface area is 153 Å². The normalized spacial score (nSPS) is 14.8. The first-order valence-corrected chi connectivity index (χ1v) is 9.17. The summed E-state index contributed by atoms with van der Waals surface area (Å²) in [5, 5.41) is 6.30. The molecule has 1 heterocycles. The van der Waals surface area contributed by atoms with Gasteiger partial charge in [0.1, 0.15) is 18.2 Å². The third-order valence-electron chi connectivity index (χ3n) is 4.65. The minimum Gasteiger partial charge on any atom is -0.489 e. The second-order valence-corrected chi connectivity index (χ2v) is 6.73. The topological polar surface area (TPSA) is 50.4 Å². The summed E-state index contributed by atoms with van der Waals surface area (Å²) in [6, 6.07) is 13.6. The van der Waals surface area contributed by atoms with E-state index in [1.807, 2.05) is 24.3 Å². The summed E-state index contributed by atoms with van der Waals surface area (Å²) in [4.78, 5) is 12.2. The number of hydrogen-bond donors (Lipinski definition) is 2. The predicted octanol–water partition coefficient (Wildman–Crippen LogP) is 4.12. The molecule has 138 valence electrons. The Balaban J connectivity index is 1.47. The van der Waals surface area contributed by atoms with Crippen LogP contribution in [0.4, 0.5) is 10.1 Å². The molecule has 0 radical (unpaired) electrons. The van der Waals surface area contributed by atoms with E-state index in [1.54, 1.807) is 12.1 Å². The maximum Gasteiger partial charge on any atom is 0.224 e. The molecule has 3 rings (SSSR count). The van der Waals surface area contributed by atoms with Crippen LogP contribution in [0.25, 0.3) is 0 Å². The molecule has 2 N–H and O–H groups in total. The van der Waals surface area contributed by atoms with Gasteiger partial charge in [-0.2, -0.15) is 0 Å². The fourth-order valence-corrected chi connectivity index (χ4v) is 3.19. The number of carbonyl (C=O) groups is 1. The first kappa shape index (κ1) is 18.4. The molecule has 2 aromatic carbocycles. The Hall–Kier alpha value is -2.40. The molecule has 1 aliphatic heterocycles. The quantitative estimate of drug-likeness (QED) is 0.784. The second-order valence-electron chi connectivity index (χ2n) is 6.73. The van der Waals surface area contributed by atoms with Gasteiger partial charge in [-0.05, 0) is 68.1 Å². The van der Waals surface area contributed by atoms with E-state index in [2.05, 4.69) is 10.6 Å². The summed E-state index contributed by atoms with van der Waals surface area (Å²) >= 11 is 0. The lowest BCUT2D eigenvalue weighted by Crippen LogP contribution is -2.28. The van der Waals surface area contributed by atoms with E-state index in [0.717, 1.165) is 43.6 Å². The summed E-state index contributed by atoms with van der Waals surface area (Å²) in [5.41, 5.74) is 1.69. The summed E-state index contributed by atoms with van der Waals surface area (Å²) in [6.07, 6.45) is 3.80. The molecule has 0 atom stereocenters. The number of rotatable bonds is 7. The van der Waals surface area contributed by atoms with E-state index in [-0.39, 0.29) is 11.7 Å². The number of piperidine rings is 1. The maximum atomic E-state index is 13.2. The Morgan fingerprint density at radius 1 is 1.15 bits per heavy atom. The number of carbonyl (C=O) groups excluding carboxylic acids is 1. The average Bonchev–Trinajstić information content (AvgIpc) is 2.66. The van der Waals surface area contributed by atoms with Crippen LogP contribution in [-0.2, 0) is 11.4 Å². The molecular formula is C21H25FN2O2. The average molecular weight is 356 g/mol. The van der Waals surface area contributed by atoms with E-state index in [0.29, 0.717) is 24.7 Å². The van der Waals surface area contributed by atoms with Gasteiger partial charge in [-0.25, -0.2) is 4.39 Å². The highest BCUT2D eigenvalue weighted by Gasteiger charge is 2.14. The first-order chi connectivity index (χ1) is 12.7. The van der Waals surface area contributed by atoms with Crippen molar-refractivity contribution < 1.29 is 13.9 Å². The van der Waals surface area contributed by atoms with Crippen molar-refractivity contribution in [3.8, 4) is 5.75 Å². The van der Waals surface area contributed by atoms with Gasteiger partial charge in [0.25, 0.3) is 0 Å². The molecule has 1 amide bonds. The zero-order chi connectivity index (χ0) is 18.2. The van der Waals surface area contributed by atoms with E-state index < -0.39 is 0 Å². The fourth-order valence-electron chi connectivity index (χ4n) is 3.19. The first-order valence-electron chi connectivity index (χ1n) is 9.17. The van der Waals surface area contributed by atoms with E-state index in [9.17, 15) is 9.18 Å². The number of ether oxygens (including phenoxy) is 1. The lowest BCUT2D eigenvalue weighted by atomic mass is 9.93. The molecule has 0 aliphatic carbocycles. The zero-order valence-corrected chi connectivity index (χ0v) is 14.8. The molecule has 2 aromatic rings. The highest BCUT2D eigenvalue weighted by atomic mass is 19.1. The van der Waals surface area contributed by atoms with Crippen molar-refractivity contribution in [2.24, 2.45) is 5.92 Å². The van der Waals surface area contributed by atoms with Gasteiger partial charge in [0.05, 0.1) is 0 Å². The zero-order valence-electron chi connectivity index (χ0n) is 14.8. The maximum absolute atomic E-state index is 13.2. The highest BCUT2D eigenvalue weighted by molar-refractivity contribution is 5.90. The van der Waals surface area contributed by atoms with Gasteiger partial charge in [0.2, 0.25) is 5.91 Å². The Bertz CT molecular complexity index is 729. The van der Waals surface area contributed by atoms with Gasteiger partial charge in [0.15, 0.2) is 0 Å². The van der Waals surface area contributed by atoms with Crippen LogP contribution in [0, 0.1) is 11.7 Å². The molecule has 4 nitrogen and oxygen atoms in total. The Kier molecular flexibility index (Phi) is 6.61. The summed E-state index contributed by atoms with van der Waals surface area (Å²) in [5.74, 6) is 0.860. The number of hydrogen-bond acceptors (Lipinski definition) is 3. The Morgan fingerprint density at radius 2 is 1.96 bits per heavy atom. The van der Waals surface area contributed by atoms with Gasteiger partial charge < -0.3 is 15.4 Å². The number of benzene rings is 2. The molecule has 5 heteroatoms. The van der Waals surface area contributed by atoms with Crippen molar-refractivity contribution >= 4 is 11.6 Å². The second kappa shape index (κ2) is 9.34. The molecular weight excluding hydrogens is 331 g/mol. The van der Waals surface area contributed by atoms with Crippen LogP contribution < -0.4 is 15.4 Å². The number of halogens is 1. The molecule has 0 unspecified atom stereocenters. The van der Waals surface area contributed by atoms with Crippen LogP contribution in [0.5, 0.6) is 5.75 Å². The van der Waals surface area contributed by atoms with Crippen molar-refractivity contribution in [1.29, 1.82) is 0 Å². The van der Waals surface area contributed by atoms with Gasteiger partial charge in [-0.3, -0.25) is 4.79 Å². The van der Waals surface area contributed by atoms with Gasteiger partial charge in [0, 0.05) is 18.2 Å². The number of anilines is 1. The number of nitrogens with one attached hydrogen (secondary N) is 2. The lowest BCUT2D eigenvalue weighted by Gasteiger charge is -2.22. The molecule has 0 spiro atoms. The van der Waals surface area contributed by atoms with Crippen LogP contribution in [-0.4, -0.2) is 19.0 Å². The minimum absolute atomic E-state index is 0.0479. The third kappa shape index (κ3) is 5.85. The van der Waals surface area contributed by atoms with Gasteiger partial charge in [-0.1, -0.05) is 18.2 Å². The Morgan fingerprint density at radius 3 is 2.77 bits per heavy atom. The lowest BCUT2D eigenvalue weighted by molar-refractivity contribution is -0.116. The smallest absolute Gasteiger partial charge is 0.224 e. The van der Waals surface area contributed by atoms with Gasteiger partial charge >= 0.3 is 0 Å². The van der Waals surface area contributed by atoms with Crippen LogP contribution >= 0.6 is 0 Å². The molecule has 1 aliphatic rings. The van der Waals surface area contributed by atoms with E-state index in [1.165, 1.54) is 12.1 Å². The molecule has 0 bridgehead atoms. The molecule has 26 heavy (non-hydrogen) atoms. The van der Waals surface area contributed by atoms with Crippen LogP contribution in [0.2, 0.25) is 0 Å². The van der Waals surface area contributed by atoms with Crippen LogP contribution in [0.1, 0.15) is 31.2 Å². The van der Waals surface area contributed by atoms with Crippen LogP contribution in [0.3, 0.4) is 0 Å². The highest BCUT2D eigenvalue weighted by Crippen LogP contribution is 2.19. The van der Waals surface area contributed by atoms with E-state index in [4.69, 9.17) is 4.74 Å². The van der Waals surface area contributed by atoms with Crippen LogP contribution in [0.15, 0.2) is 48.5 Å². The summed E-state index contributed by atoms with van der Waals surface area (Å²) < 4.78 is 18.8. The monoisotopic (exact) mass is 356 g/mol. The number of amides is 1. The molecule has 0 saturated carbocycles. The van der Waals surface area contributed by atoms with E-state index >= 15 is 0 Å². The minimum atomic E-state index is -0.322. The molecule has 1 saturated heterocycles. The third-order valence-corrected chi connectivity index (χ3v) is 4.65. The fraction of sp³-hybridized carbons (Fsp3) is 0.381. The largest absolute Gasteiger partial charge is 0.489 e. The van der Waals surface area contributed by atoms with Gasteiger partial charge in [-0.15, -0.1) is 0 Å². The van der Waals surface area contributed by atoms with Crippen molar-refractivity contribution in [3.05, 3.63) is 59.9 Å². The van der Waals surface area contributed by atoms with Crippen molar-refractivity contribution in [2.75, 3.05) is 18.4 Å². The predicted molar refractivity (Wildman–Crippen MR) is 101 cm³/mol. The van der Waals surface area contributed by atoms with Crippen molar-refractivity contribution in [3.63, 3.8) is 0 Å². The van der Waals surface area contributed by atoms with Crippen molar-refractivity contribution in [2.45, 2.75) is 32.3 Å². The molecule has 1 fully saturated rings. The molecule has 0 aromatic heterocycles. The summed E-state index contributed by atoms with van der Waals surface area (Å²) in [6.45, 7) is 2.43. The summed E-state index contributed by atoms with van der Waals surface area (Å²) in [7, 11) is 0. The standard InChI is InChI=1S/C21H25FN2O2/c22-18-4-2-6-20(14-18)26-15-17-3-1-5-19(13-17)24-21(25)8-7-16-9-11-23-12-10-16/h1-6,13-14,16,23H,7-12,15H2,(H,24,25). The van der Waals surface area contributed by atoms with Crippen molar-refractivity contribution in [1.82, 2.24) is 5.32 Å². The SMILES string of the molecule is O=C(CCC1CCNCC1)Nc1cccc(COc2cccc(F)c2)c1.